The Kier molecular flexibility index (Phi) is 5.04. The lowest BCUT2D eigenvalue weighted by atomic mass is 9.57. The molecule has 0 bridgehead atoms. The van der Waals surface area contributed by atoms with Crippen LogP contribution in [0.4, 0.5) is 0 Å². The van der Waals surface area contributed by atoms with Gasteiger partial charge in [-0.1, -0.05) is 51.0 Å². The van der Waals surface area contributed by atoms with Gasteiger partial charge in [0.2, 0.25) is 0 Å². The van der Waals surface area contributed by atoms with E-state index in [1.54, 1.807) is 0 Å². The standard InChI is InChI=1S/C23H34O/c1-10-23(20-11-14(4)22(24)15(5)12-20)18(8)16(6)21(13(2)3)17(7)19(23)9/h11-13,18,24H,10H2,1-9H3. The van der Waals surface area contributed by atoms with Crippen LogP contribution in [0.5, 0.6) is 5.75 Å². The first-order valence-electron chi connectivity index (χ1n) is 9.29. The van der Waals surface area contributed by atoms with Crippen LogP contribution in [0.15, 0.2) is 34.4 Å². The third-order valence-electron chi connectivity index (χ3n) is 6.59. The summed E-state index contributed by atoms with van der Waals surface area (Å²) in [4.78, 5) is 0. The predicted molar refractivity (Wildman–Crippen MR) is 105 cm³/mol. The largest absolute Gasteiger partial charge is 0.507 e. The maximum Gasteiger partial charge on any atom is 0.121 e. The van der Waals surface area contributed by atoms with Gasteiger partial charge in [-0.2, -0.15) is 0 Å². The third-order valence-corrected chi connectivity index (χ3v) is 6.59. The summed E-state index contributed by atoms with van der Waals surface area (Å²) >= 11 is 0. The van der Waals surface area contributed by atoms with Crippen LogP contribution in [-0.2, 0) is 5.41 Å². The highest BCUT2D eigenvalue weighted by Gasteiger charge is 2.43. The molecule has 0 aromatic heterocycles. The lowest BCUT2D eigenvalue weighted by molar-refractivity contribution is 0.351. The molecule has 1 nitrogen and oxygen atoms in total. The molecule has 0 saturated heterocycles. The van der Waals surface area contributed by atoms with E-state index in [1.807, 2.05) is 13.8 Å². The van der Waals surface area contributed by atoms with Gasteiger partial charge < -0.3 is 5.11 Å². The summed E-state index contributed by atoms with van der Waals surface area (Å²) in [5, 5.41) is 10.2. The molecule has 0 amide bonds. The fraction of sp³-hybridized carbons (Fsp3) is 0.565. The molecule has 0 radical (unpaired) electrons. The first-order valence-corrected chi connectivity index (χ1v) is 9.29. The zero-order valence-corrected chi connectivity index (χ0v) is 17.0. The van der Waals surface area contributed by atoms with Crippen molar-refractivity contribution < 1.29 is 5.11 Å². The van der Waals surface area contributed by atoms with Crippen LogP contribution in [0.25, 0.3) is 0 Å². The molecule has 1 aromatic carbocycles. The fourth-order valence-corrected chi connectivity index (χ4v) is 5.10. The zero-order chi connectivity index (χ0) is 18.4. The quantitative estimate of drug-likeness (QED) is 0.662. The molecule has 1 aliphatic rings. The van der Waals surface area contributed by atoms with Gasteiger partial charge in [-0.15, -0.1) is 0 Å². The topological polar surface area (TPSA) is 20.2 Å². The van der Waals surface area contributed by atoms with Crippen molar-refractivity contribution in [2.24, 2.45) is 11.8 Å². The minimum Gasteiger partial charge on any atom is -0.507 e. The molecule has 1 aromatic rings. The fourth-order valence-electron chi connectivity index (χ4n) is 5.10. The summed E-state index contributed by atoms with van der Waals surface area (Å²) in [6.45, 7) is 20.2. The van der Waals surface area contributed by atoms with Crippen molar-refractivity contribution in [2.45, 2.75) is 74.1 Å². The molecule has 24 heavy (non-hydrogen) atoms. The summed E-state index contributed by atoms with van der Waals surface area (Å²) in [6, 6.07) is 4.40. The molecule has 1 aliphatic carbocycles. The van der Waals surface area contributed by atoms with Crippen molar-refractivity contribution in [3.8, 4) is 5.75 Å². The van der Waals surface area contributed by atoms with Gasteiger partial charge in [0.05, 0.1) is 0 Å². The van der Waals surface area contributed by atoms with E-state index in [9.17, 15) is 5.11 Å². The number of allylic oxidation sites excluding steroid dienone is 4. The molecule has 2 unspecified atom stereocenters. The van der Waals surface area contributed by atoms with Gasteiger partial charge in [-0.3, -0.25) is 0 Å². The van der Waals surface area contributed by atoms with Crippen molar-refractivity contribution in [1.29, 1.82) is 0 Å². The van der Waals surface area contributed by atoms with Crippen LogP contribution in [-0.4, -0.2) is 5.11 Å². The van der Waals surface area contributed by atoms with Crippen LogP contribution in [0.3, 0.4) is 0 Å². The summed E-state index contributed by atoms with van der Waals surface area (Å²) in [5.41, 5.74) is 9.36. The summed E-state index contributed by atoms with van der Waals surface area (Å²) in [5.74, 6) is 1.45. The van der Waals surface area contributed by atoms with Crippen molar-refractivity contribution >= 4 is 0 Å². The lowest BCUT2D eigenvalue weighted by Gasteiger charge is -2.47. The molecular weight excluding hydrogens is 292 g/mol. The predicted octanol–water partition coefficient (Wildman–Crippen LogP) is 6.62. The zero-order valence-electron chi connectivity index (χ0n) is 17.0. The summed E-state index contributed by atoms with van der Waals surface area (Å²) in [7, 11) is 0. The molecule has 2 atom stereocenters. The SMILES string of the molecule is CCC1(c2cc(C)c(O)c(C)c2)C(C)=C(C)C(C(C)C)=C(C)C1C. The monoisotopic (exact) mass is 326 g/mol. The van der Waals surface area contributed by atoms with Gasteiger partial charge in [-0.25, -0.2) is 0 Å². The van der Waals surface area contributed by atoms with Crippen LogP contribution in [0, 0.1) is 25.7 Å². The second kappa shape index (κ2) is 6.43. The lowest BCUT2D eigenvalue weighted by Crippen LogP contribution is -2.39. The van der Waals surface area contributed by atoms with Crippen LogP contribution in [0.1, 0.15) is 71.6 Å². The van der Waals surface area contributed by atoms with Crippen LogP contribution in [0.2, 0.25) is 0 Å². The maximum atomic E-state index is 10.2. The van der Waals surface area contributed by atoms with E-state index in [0.717, 1.165) is 17.5 Å². The first-order chi connectivity index (χ1) is 11.1. The Balaban J connectivity index is 2.79. The van der Waals surface area contributed by atoms with Gasteiger partial charge in [0.25, 0.3) is 0 Å². The molecule has 0 spiro atoms. The van der Waals surface area contributed by atoms with E-state index in [-0.39, 0.29) is 5.41 Å². The van der Waals surface area contributed by atoms with Crippen LogP contribution >= 0.6 is 0 Å². The number of aryl methyl sites for hydroxylation is 2. The Bertz CT molecular complexity index is 695. The van der Waals surface area contributed by atoms with Crippen molar-refractivity contribution in [3.63, 3.8) is 0 Å². The number of benzene rings is 1. The van der Waals surface area contributed by atoms with Crippen molar-refractivity contribution in [2.75, 3.05) is 0 Å². The number of phenolic OH excluding ortho intramolecular Hbond substituents is 1. The highest BCUT2D eigenvalue weighted by atomic mass is 16.3. The van der Waals surface area contributed by atoms with Gasteiger partial charge in [0.1, 0.15) is 5.75 Å². The molecule has 132 valence electrons. The number of aromatic hydroxyl groups is 1. The van der Waals surface area contributed by atoms with Crippen molar-refractivity contribution in [3.05, 3.63) is 51.1 Å². The number of hydrogen-bond donors (Lipinski definition) is 1. The van der Waals surface area contributed by atoms with Crippen molar-refractivity contribution in [1.82, 2.24) is 0 Å². The molecule has 0 heterocycles. The average molecular weight is 327 g/mol. The molecule has 2 rings (SSSR count). The van der Waals surface area contributed by atoms with Gasteiger partial charge in [0, 0.05) is 5.41 Å². The molecule has 1 heteroatoms. The molecule has 1 N–H and O–H groups in total. The maximum absolute atomic E-state index is 10.2. The summed E-state index contributed by atoms with van der Waals surface area (Å²) < 4.78 is 0. The van der Waals surface area contributed by atoms with E-state index in [4.69, 9.17) is 0 Å². The third kappa shape index (κ3) is 2.53. The van der Waals surface area contributed by atoms with Gasteiger partial charge >= 0.3 is 0 Å². The minimum absolute atomic E-state index is 0.0236. The Morgan fingerprint density at radius 2 is 1.54 bits per heavy atom. The van der Waals surface area contributed by atoms with Gasteiger partial charge in [0.15, 0.2) is 0 Å². The Labute approximate surface area is 148 Å². The van der Waals surface area contributed by atoms with E-state index < -0.39 is 0 Å². The Morgan fingerprint density at radius 1 is 1.04 bits per heavy atom. The second-order valence-electron chi connectivity index (χ2n) is 8.01. The van der Waals surface area contributed by atoms with Crippen LogP contribution < -0.4 is 0 Å². The minimum atomic E-state index is 0.0236. The second-order valence-corrected chi connectivity index (χ2v) is 8.01. The normalized spacial score (nSPS) is 25.0. The van der Waals surface area contributed by atoms with Gasteiger partial charge in [-0.05, 0) is 80.7 Å². The Morgan fingerprint density at radius 3 is 1.96 bits per heavy atom. The number of phenols is 1. The van der Waals surface area contributed by atoms with E-state index in [2.05, 4.69) is 60.6 Å². The molecule has 0 saturated carbocycles. The summed E-state index contributed by atoms with van der Waals surface area (Å²) in [6.07, 6.45) is 1.07. The van der Waals surface area contributed by atoms with E-state index in [1.165, 1.54) is 27.9 Å². The smallest absolute Gasteiger partial charge is 0.121 e. The highest BCUT2D eigenvalue weighted by molar-refractivity contribution is 5.55. The molecular formula is C23H34O. The van der Waals surface area contributed by atoms with E-state index >= 15 is 0 Å². The molecule has 0 fully saturated rings. The first kappa shape index (κ1) is 18.8. The number of rotatable bonds is 3. The Hall–Kier alpha value is -1.50. The van der Waals surface area contributed by atoms with E-state index in [0.29, 0.717) is 17.6 Å². The average Bonchev–Trinajstić information content (AvgIpc) is 2.51. The highest BCUT2D eigenvalue weighted by Crippen LogP contribution is 2.53. The number of hydrogen-bond acceptors (Lipinski definition) is 1. The molecule has 0 aliphatic heterocycles.